The Bertz CT molecular complexity index is 930. The van der Waals surface area contributed by atoms with Gasteiger partial charge in [0.25, 0.3) is 5.91 Å². The smallest absolute Gasteiger partial charge is 0.253 e. The highest BCUT2D eigenvalue weighted by atomic mass is 16.2. The zero-order valence-electron chi connectivity index (χ0n) is 19.4. The predicted molar refractivity (Wildman–Crippen MR) is 131 cm³/mol. The number of carbonyl (C=O) groups excluding carboxylic acids is 2. The highest BCUT2D eigenvalue weighted by molar-refractivity contribution is 5.94. The van der Waals surface area contributed by atoms with Gasteiger partial charge in [-0.3, -0.25) is 9.59 Å². The number of hydrogen-bond donors (Lipinski definition) is 3. The molecule has 176 valence electrons. The van der Waals surface area contributed by atoms with Gasteiger partial charge in [-0.2, -0.15) is 0 Å². The Morgan fingerprint density at radius 1 is 1.00 bits per heavy atom. The number of nitrogens with two attached hydrogens (primary N) is 1. The number of hydrogen-bond acceptors (Lipinski definition) is 5. The average molecular weight is 450 g/mol. The van der Waals surface area contributed by atoms with Gasteiger partial charge in [0.05, 0.1) is 12.2 Å². The molecule has 4 N–H and O–H groups in total. The number of benzene rings is 2. The van der Waals surface area contributed by atoms with E-state index in [-0.39, 0.29) is 17.9 Å². The molecule has 0 aromatic heterocycles. The molecule has 0 unspecified atom stereocenters. The lowest BCUT2D eigenvalue weighted by Crippen LogP contribution is -2.52. The number of piperidine rings is 1. The molecule has 2 aliphatic heterocycles. The Morgan fingerprint density at radius 2 is 1.64 bits per heavy atom. The molecule has 0 spiro atoms. The monoisotopic (exact) mass is 449 g/mol. The van der Waals surface area contributed by atoms with Crippen LogP contribution in [0.5, 0.6) is 0 Å². The van der Waals surface area contributed by atoms with Gasteiger partial charge in [0, 0.05) is 38.2 Å². The first-order valence-electron chi connectivity index (χ1n) is 12.0. The van der Waals surface area contributed by atoms with Crippen molar-refractivity contribution in [2.45, 2.75) is 37.9 Å². The van der Waals surface area contributed by atoms with E-state index in [2.05, 4.69) is 34.7 Å². The van der Waals surface area contributed by atoms with Gasteiger partial charge in [0.1, 0.15) is 0 Å². The fourth-order valence-electron chi connectivity index (χ4n) is 4.49. The second kappa shape index (κ2) is 10.9. The standard InChI is InChI=1S/C26H35N5O2/c1-30-14-16-31(17-15-30)26(33)22-11-9-21(10-12-22)20-7-5-19(6-8-20)18-24(27)29-25(32)23-4-2-3-13-28-23/h5-12,23-24,28H,2-4,13-18,27H2,1H3,(H,29,32)/t23-,24-/m0/s1. The van der Waals surface area contributed by atoms with Crippen LogP contribution in [0.2, 0.25) is 0 Å². The zero-order valence-corrected chi connectivity index (χ0v) is 19.4. The molecule has 2 aliphatic rings. The van der Waals surface area contributed by atoms with Crippen molar-refractivity contribution in [3.8, 4) is 11.1 Å². The van der Waals surface area contributed by atoms with E-state index < -0.39 is 6.17 Å². The lowest BCUT2D eigenvalue weighted by molar-refractivity contribution is -0.124. The molecule has 2 aromatic carbocycles. The molecule has 4 rings (SSSR count). The molecule has 2 atom stereocenters. The summed E-state index contributed by atoms with van der Waals surface area (Å²) in [6.45, 7) is 4.28. The minimum absolute atomic E-state index is 0.00923. The predicted octanol–water partition coefficient (Wildman–Crippen LogP) is 1.83. The fourth-order valence-corrected chi connectivity index (χ4v) is 4.49. The van der Waals surface area contributed by atoms with Gasteiger partial charge in [-0.25, -0.2) is 0 Å². The van der Waals surface area contributed by atoms with Crippen LogP contribution in [-0.4, -0.2) is 73.6 Å². The molecule has 0 aliphatic carbocycles. The van der Waals surface area contributed by atoms with Gasteiger partial charge in [0.2, 0.25) is 5.91 Å². The molecule has 0 saturated carbocycles. The van der Waals surface area contributed by atoms with Gasteiger partial charge in [-0.15, -0.1) is 0 Å². The lowest BCUT2D eigenvalue weighted by Gasteiger charge is -2.32. The van der Waals surface area contributed by atoms with E-state index in [0.717, 1.165) is 74.2 Å². The first-order valence-corrected chi connectivity index (χ1v) is 12.0. The van der Waals surface area contributed by atoms with E-state index >= 15 is 0 Å². The van der Waals surface area contributed by atoms with E-state index in [0.29, 0.717) is 6.42 Å². The molecule has 7 heteroatoms. The molecule has 2 heterocycles. The highest BCUT2D eigenvalue weighted by Crippen LogP contribution is 2.21. The molecule has 0 radical (unpaired) electrons. The van der Waals surface area contributed by atoms with Crippen LogP contribution in [0.1, 0.15) is 35.2 Å². The summed E-state index contributed by atoms with van der Waals surface area (Å²) in [5, 5.41) is 6.18. The van der Waals surface area contributed by atoms with Crippen LogP contribution in [0.3, 0.4) is 0 Å². The summed E-state index contributed by atoms with van der Waals surface area (Å²) < 4.78 is 0. The SMILES string of the molecule is CN1CCN(C(=O)c2ccc(-c3ccc(C[C@@H](N)NC(=O)[C@@H]4CCCCN4)cc3)cc2)CC1. The van der Waals surface area contributed by atoms with Crippen molar-refractivity contribution in [3.63, 3.8) is 0 Å². The van der Waals surface area contributed by atoms with Gasteiger partial charge in [-0.05, 0) is 55.3 Å². The Balaban J connectivity index is 1.31. The van der Waals surface area contributed by atoms with Crippen LogP contribution in [0, 0.1) is 0 Å². The van der Waals surface area contributed by atoms with Crippen molar-refractivity contribution in [1.82, 2.24) is 20.4 Å². The summed E-state index contributed by atoms with van der Waals surface area (Å²) >= 11 is 0. The van der Waals surface area contributed by atoms with Crippen molar-refractivity contribution in [2.75, 3.05) is 39.8 Å². The van der Waals surface area contributed by atoms with Crippen LogP contribution in [0.25, 0.3) is 11.1 Å². The molecule has 2 amide bonds. The third-order valence-corrected chi connectivity index (χ3v) is 6.62. The van der Waals surface area contributed by atoms with Gasteiger partial charge < -0.3 is 26.2 Å². The molecule has 2 fully saturated rings. The van der Waals surface area contributed by atoms with E-state index in [9.17, 15) is 9.59 Å². The first-order chi connectivity index (χ1) is 16.0. The molecule has 2 aromatic rings. The number of likely N-dealkylation sites (N-methyl/N-ethyl adjacent to an activating group) is 1. The third kappa shape index (κ3) is 6.19. The van der Waals surface area contributed by atoms with Gasteiger partial charge in [0.15, 0.2) is 0 Å². The minimum atomic E-state index is -0.410. The second-order valence-electron chi connectivity index (χ2n) is 9.19. The summed E-state index contributed by atoms with van der Waals surface area (Å²) in [6.07, 6.45) is 3.24. The third-order valence-electron chi connectivity index (χ3n) is 6.62. The van der Waals surface area contributed by atoms with Gasteiger partial charge >= 0.3 is 0 Å². The van der Waals surface area contributed by atoms with E-state index in [1.165, 1.54) is 0 Å². The van der Waals surface area contributed by atoms with Crippen LogP contribution in [0.4, 0.5) is 0 Å². The molecule has 2 saturated heterocycles. The molecular weight excluding hydrogens is 414 g/mol. The number of amides is 2. The summed E-state index contributed by atoms with van der Waals surface area (Å²) in [6, 6.07) is 15.9. The number of carbonyl (C=O) groups is 2. The minimum Gasteiger partial charge on any atom is -0.339 e. The Hall–Kier alpha value is -2.74. The van der Waals surface area contributed by atoms with E-state index in [4.69, 9.17) is 5.73 Å². The van der Waals surface area contributed by atoms with Crippen LogP contribution in [0.15, 0.2) is 48.5 Å². The number of nitrogens with one attached hydrogen (secondary N) is 2. The quantitative estimate of drug-likeness (QED) is 0.586. The van der Waals surface area contributed by atoms with Crippen molar-refractivity contribution >= 4 is 11.8 Å². The maximum atomic E-state index is 12.7. The summed E-state index contributed by atoms with van der Waals surface area (Å²) in [7, 11) is 2.08. The Kier molecular flexibility index (Phi) is 7.75. The maximum absolute atomic E-state index is 12.7. The van der Waals surface area contributed by atoms with E-state index in [1.807, 2.05) is 41.3 Å². The largest absolute Gasteiger partial charge is 0.339 e. The molecule has 33 heavy (non-hydrogen) atoms. The second-order valence-corrected chi connectivity index (χ2v) is 9.19. The summed E-state index contributed by atoms with van der Waals surface area (Å²) in [4.78, 5) is 29.3. The molecule has 0 bridgehead atoms. The summed E-state index contributed by atoms with van der Waals surface area (Å²) in [5.41, 5.74) is 10.1. The van der Waals surface area contributed by atoms with Crippen LogP contribution in [-0.2, 0) is 11.2 Å². The first kappa shape index (κ1) is 23.4. The molecule has 7 nitrogen and oxygen atoms in total. The normalized spacial score (nSPS) is 20.3. The number of nitrogens with zero attached hydrogens (tertiary/aromatic N) is 2. The average Bonchev–Trinajstić information content (AvgIpc) is 2.85. The topological polar surface area (TPSA) is 90.7 Å². The number of rotatable bonds is 6. The fraction of sp³-hybridized carbons (Fsp3) is 0.462. The van der Waals surface area contributed by atoms with Gasteiger partial charge in [-0.1, -0.05) is 42.8 Å². The van der Waals surface area contributed by atoms with Crippen molar-refractivity contribution < 1.29 is 9.59 Å². The molecular formula is C26H35N5O2. The van der Waals surface area contributed by atoms with Crippen molar-refractivity contribution in [1.29, 1.82) is 0 Å². The number of piperazine rings is 1. The van der Waals surface area contributed by atoms with Crippen LogP contribution >= 0.6 is 0 Å². The lowest BCUT2D eigenvalue weighted by atomic mass is 10.0. The maximum Gasteiger partial charge on any atom is 0.253 e. The zero-order chi connectivity index (χ0) is 23.2. The van der Waals surface area contributed by atoms with E-state index in [1.54, 1.807) is 0 Å². The Labute approximate surface area is 196 Å². The Morgan fingerprint density at radius 3 is 2.24 bits per heavy atom. The van der Waals surface area contributed by atoms with Crippen molar-refractivity contribution in [2.24, 2.45) is 5.73 Å². The van der Waals surface area contributed by atoms with Crippen molar-refractivity contribution in [3.05, 3.63) is 59.7 Å². The summed E-state index contributed by atoms with van der Waals surface area (Å²) in [5.74, 6) is 0.0921. The van der Waals surface area contributed by atoms with Crippen LogP contribution < -0.4 is 16.4 Å². The highest BCUT2D eigenvalue weighted by Gasteiger charge is 2.22.